The normalized spacial score (nSPS) is 26.5. The minimum absolute atomic E-state index is 0.140. The van der Waals surface area contributed by atoms with Crippen LogP contribution in [0.15, 0.2) is 16.6 Å². The number of imidazole rings is 1. The number of hydrogen-bond acceptors (Lipinski definition) is 6. The smallest absolute Gasteiger partial charge is 0.260 e. The molecule has 7 nitrogen and oxygen atoms in total. The van der Waals surface area contributed by atoms with E-state index in [9.17, 15) is 8.42 Å². The Morgan fingerprint density at radius 1 is 1.57 bits per heavy atom. The number of hydrogen-bond donors (Lipinski definition) is 2. The number of nitrogens with one attached hydrogen (secondary N) is 2. The number of fused-ring (bicyclic) bond motifs is 1. The van der Waals surface area contributed by atoms with Gasteiger partial charge in [0.2, 0.25) is 0 Å². The molecule has 1 aliphatic heterocycles. The molecule has 0 amide bonds. The van der Waals surface area contributed by atoms with Crippen LogP contribution < -0.4 is 10.0 Å². The molecule has 2 N–H and O–H groups in total. The molecule has 0 radical (unpaired) electrons. The summed E-state index contributed by atoms with van der Waals surface area (Å²) in [5.74, 6) is 0.351. The second-order valence-corrected chi connectivity index (χ2v) is 7.83. The topological polar surface area (TPSA) is 84.7 Å². The summed E-state index contributed by atoms with van der Waals surface area (Å²) in [5.41, 5.74) is -0.607. The predicted octanol–water partition coefficient (Wildman–Crippen LogP) is 1.28. The summed E-state index contributed by atoms with van der Waals surface area (Å²) < 4.78 is 35.5. The fourth-order valence-corrected chi connectivity index (χ4v) is 5.07. The van der Waals surface area contributed by atoms with Crippen molar-refractivity contribution >= 4 is 32.1 Å². The van der Waals surface area contributed by atoms with Gasteiger partial charge >= 0.3 is 0 Å². The Bertz CT molecular complexity index is 767. The second-order valence-electron chi connectivity index (χ2n) is 5.36. The molecule has 2 aromatic rings. The molecular formula is C12H18N4O3S2. The number of thiazole rings is 1. The second kappa shape index (κ2) is 4.94. The van der Waals surface area contributed by atoms with Crippen molar-refractivity contribution in [3.8, 4) is 0 Å². The SMILES string of the molecule is CNc1nc2sccn2c1S(=O)(=O)NC1(C)CCOC1C. The summed E-state index contributed by atoms with van der Waals surface area (Å²) in [6, 6.07) is 0. The van der Waals surface area contributed by atoms with E-state index in [2.05, 4.69) is 15.0 Å². The number of rotatable bonds is 4. The molecule has 3 heterocycles. The zero-order valence-corrected chi connectivity index (χ0v) is 13.7. The van der Waals surface area contributed by atoms with Crippen molar-refractivity contribution in [1.29, 1.82) is 0 Å². The van der Waals surface area contributed by atoms with Crippen LogP contribution in [0.1, 0.15) is 20.3 Å². The molecule has 116 valence electrons. The first kappa shape index (κ1) is 14.8. The molecule has 3 rings (SSSR count). The van der Waals surface area contributed by atoms with Crippen LogP contribution in [0.3, 0.4) is 0 Å². The van der Waals surface area contributed by atoms with Crippen LogP contribution in [-0.4, -0.2) is 43.1 Å². The van der Waals surface area contributed by atoms with Crippen molar-refractivity contribution in [2.24, 2.45) is 0 Å². The number of nitrogens with zero attached hydrogens (tertiary/aromatic N) is 2. The lowest BCUT2D eigenvalue weighted by atomic mass is 9.97. The molecule has 21 heavy (non-hydrogen) atoms. The van der Waals surface area contributed by atoms with Gasteiger partial charge in [-0.3, -0.25) is 4.40 Å². The first-order valence-corrected chi connectivity index (χ1v) is 9.02. The summed E-state index contributed by atoms with van der Waals surface area (Å²) >= 11 is 1.39. The Labute approximate surface area is 127 Å². The molecule has 1 fully saturated rings. The monoisotopic (exact) mass is 330 g/mol. The van der Waals surface area contributed by atoms with Crippen LogP contribution in [-0.2, 0) is 14.8 Å². The van der Waals surface area contributed by atoms with Crippen LogP contribution in [0.2, 0.25) is 0 Å². The lowest BCUT2D eigenvalue weighted by molar-refractivity contribution is 0.0957. The molecule has 1 saturated heterocycles. The fraction of sp³-hybridized carbons (Fsp3) is 0.583. The van der Waals surface area contributed by atoms with Gasteiger partial charge in [-0.15, -0.1) is 11.3 Å². The number of anilines is 1. The summed E-state index contributed by atoms with van der Waals surface area (Å²) in [7, 11) is -2.06. The zero-order valence-electron chi connectivity index (χ0n) is 12.1. The van der Waals surface area contributed by atoms with Crippen molar-refractivity contribution in [3.05, 3.63) is 11.6 Å². The van der Waals surface area contributed by atoms with E-state index >= 15 is 0 Å². The van der Waals surface area contributed by atoms with Gasteiger partial charge in [-0.25, -0.2) is 18.1 Å². The summed E-state index contributed by atoms with van der Waals surface area (Å²) in [6.45, 7) is 4.30. The average molecular weight is 330 g/mol. The van der Waals surface area contributed by atoms with Crippen LogP contribution in [0.4, 0.5) is 5.82 Å². The van der Waals surface area contributed by atoms with Gasteiger partial charge in [0, 0.05) is 25.2 Å². The van der Waals surface area contributed by atoms with Gasteiger partial charge in [-0.2, -0.15) is 0 Å². The highest BCUT2D eigenvalue weighted by Crippen LogP contribution is 2.30. The van der Waals surface area contributed by atoms with Gasteiger partial charge < -0.3 is 10.1 Å². The number of sulfonamides is 1. The molecule has 1 aliphatic rings. The van der Waals surface area contributed by atoms with Crippen molar-refractivity contribution in [2.45, 2.75) is 36.9 Å². The Hall–Kier alpha value is -1.16. The largest absolute Gasteiger partial charge is 0.376 e. The Kier molecular flexibility index (Phi) is 3.47. The Balaban J connectivity index is 2.06. The summed E-state index contributed by atoms with van der Waals surface area (Å²) in [4.78, 5) is 4.93. The fourth-order valence-electron chi connectivity index (χ4n) is 2.51. The van der Waals surface area contributed by atoms with E-state index in [1.54, 1.807) is 17.6 Å². The van der Waals surface area contributed by atoms with Gasteiger partial charge in [-0.05, 0) is 20.3 Å². The van der Waals surface area contributed by atoms with Gasteiger partial charge in [0.15, 0.2) is 15.8 Å². The molecule has 2 aromatic heterocycles. The third-order valence-corrected chi connectivity index (χ3v) is 6.35. The van der Waals surface area contributed by atoms with E-state index in [4.69, 9.17) is 4.74 Å². The van der Waals surface area contributed by atoms with E-state index in [-0.39, 0.29) is 11.1 Å². The van der Waals surface area contributed by atoms with Gasteiger partial charge in [0.25, 0.3) is 10.0 Å². The van der Waals surface area contributed by atoms with E-state index in [0.717, 1.165) is 0 Å². The van der Waals surface area contributed by atoms with Gasteiger partial charge in [0.1, 0.15) is 0 Å². The van der Waals surface area contributed by atoms with E-state index in [1.165, 1.54) is 11.3 Å². The van der Waals surface area contributed by atoms with Crippen LogP contribution in [0.5, 0.6) is 0 Å². The lowest BCUT2D eigenvalue weighted by Crippen LogP contribution is -2.50. The van der Waals surface area contributed by atoms with Crippen LogP contribution >= 0.6 is 11.3 Å². The van der Waals surface area contributed by atoms with Gasteiger partial charge in [-0.1, -0.05) is 0 Å². The van der Waals surface area contributed by atoms with E-state index < -0.39 is 15.6 Å². The number of aromatic nitrogens is 2. The highest BCUT2D eigenvalue weighted by molar-refractivity contribution is 7.89. The van der Waals surface area contributed by atoms with Crippen molar-refractivity contribution in [1.82, 2.24) is 14.1 Å². The first-order valence-electron chi connectivity index (χ1n) is 6.66. The lowest BCUT2D eigenvalue weighted by Gasteiger charge is -2.28. The molecule has 2 unspecified atom stereocenters. The van der Waals surface area contributed by atoms with E-state index in [0.29, 0.717) is 23.8 Å². The first-order chi connectivity index (χ1) is 9.87. The van der Waals surface area contributed by atoms with Crippen LogP contribution in [0, 0.1) is 0 Å². The standard InChI is InChI=1S/C12H18N4O3S2/c1-8-12(2,4-6-19-8)15-21(17,18)10-9(13-3)14-11-16(10)5-7-20-11/h5,7-8,13,15H,4,6H2,1-3H3. The maximum absolute atomic E-state index is 12.8. The number of ether oxygens (including phenoxy) is 1. The third kappa shape index (κ3) is 2.33. The van der Waals surface area contributed by atoms with Crippen LogP contribution in [0.25, 0.3) is 4.96 Å². The molecule has 0 bridgehead atoms. The third-order valence-electron chi connectivity index (χ3n) is 3.96. The summed E-state index contributed by atoms with van der Waals surface area (Å²) in [6.07, 6.45) is 2.18. The van der Waals surface area contributed by atoms with Crippen molar-refractivity contribution < 1.29 is 13.2 Å². The van der Waals surface area contributed by atoms with Crippen molar-refractivity contribution in [3.63, 3.8) is 0 Å². The molecule has 2 atom stereocenters. The predicted molar refractivity (Wildman–Crippen MR) is 81.4 cm³/mol. The highest BCUT2D eigenvalue weighted by atomic mass is 32.2. The highest BCUT2D eigenvalue weighted by Gasteiger charge is 2.42. The maximum Gasteiger partial charge on any atom is 0.260 e. The Morgan fingerprint density at radius 3 is 2.95 bits per heavy atom. The molecule has 0 aliphatic carbocycles. The van der Waals surface area contributed by atoms with Gasteiger partial charge in [0.05, 0.1) is 11.6 Å². The quantitative estimate of drug-likeness (QED) is 0.882. The summed E-state index contributed by atoms with van der Waals surface area (Å²) in [5, 5.41) is 4.80. The average Bonchev–Trinajstić information content (AvgIpc) is 3.03. The maximum atomic E-state index is 12.8. The molecule has 9 heteroatoms. The molecular weight excluding hydrogens is 312 g/mol. The minimum Gasteiger partial charge on any atom is -0.376 e. The minimum atomic E-state index is -3.72. The zero-order chi connectivity index (χ0) is 15.3. The van der Waals surface area contributed by atoms with Crippen molar-refractivity contribution in [2.75, 3.05) is 19.0 Å². The van der Waals surface area contributed by atoms with E-state index in [1.807, 2.05) is 19.2 Å². The molecule has 0 aromatic carbocycles. The molecule has 0 saturated carbocycles. The Morgan fingerprint density at radius 2 is 2.33 bits per heavy atom. The molecule has 0 spiro atoms.